The summed E-state index contributed by atoms with van der Waals surface area (Å²) in [5, 5.41) is 0. The van der Waals surface area contributed by atoms with Crippen molar-refractivity contribution in [2.24, 2.45) is 29.4 Å². The Bertz CT molecular complexity index is 230. The lowest BCUT2D eigenvalue weighted by Crippen LogP contribution is -2.04. The van der Waals surface area contributed by atoms with Crippen LogP contribution in [0.1, 0.15) is 46.5 Å². The molecule has 2 rings (SSSR count). The van der Waals surface area contributed by atoms with Crippen LogP contribution in [-0.2, 0) is 0 Å². The van der Waals surface area contributed by atoms with E-state index in [9.17, 15) is 0 Å². The first kappa shape index (κ1) is 10.1. The first-order valence-electron chi connectivity index (χ1n) is 6.05. The van der Waals surface area contributed by atoms with E-state index in [1.54, 1.807) is 0 Å². The summed E-state index contributed by atoms with van der Waals surface area (Å²) >= 11 is 0. The zero-order valence-corrected chi connectivity index (χ0v) is 9.72. The second-order valence-corrected chi connectivity index (χ2v) is 5.53. The van der Waals surface area contributed by atoms with Gasteiger partial charge in [-0.25, -0.2) is 0 Å². The highest BCUT2D eigenvalue weighted by Crippen LogP contribution is 2.57. The Morgan fingerprint density at radius 2 is 1.71 bits per heavy atom. The molecule has 1 fully saturated rings. The van der Waals surface area contributed by atoms with Crippen molar-refractivity contribution in [3.05, 3.63) is 11.3 Å². The maximum Gasteiger partial charge on any atom is 0.00696 e. The summed E-state index contributed by atoms with van der Waals surface area (Å²) in [7, 11) is 0. The Balaban J connectivity index is 2.00. The summed E-state index contributed by atoms with van der Waals surface area (Å²) in [6, 6.07) is 0. The number of hydrogen-bond donors (Lipinski definition) is 1. The van der Waals surface area contributed by atoms with E-state index in [0.717, 1.165) is 30.1 Å². The first-order chi connectivity index (χ1) is 6.61. The highest BCUT2D eigenvalue weighted by atomic mass is 14.6. The topological polar surface area (TPSA) is 26.0 Å². The van der Waals surface area contributed by atoms with Gasteiger partial charge in [-0.2, -0.15) is 0 Å². The molecule has 0 amide bonds. The molecule has 1 heteroatoms. The van der Waals surface area contributed by atoms with Gasteiger partial charge in [-0.05, 0) is 56.3 Å². The normalized spacial score (nSPS) is 43.0. The van der Waals surface area contributed by atoms with Crippen LogP contribution in [0.2, 0.25) is 0 Å². The van der Waals surface area contributed by atoms with Crippen LogP contribution in [0.4, 0.5) is 0 Å². The van der Waals surface area contributed by atoms with Crippen molar-refractivity contribution in [1.29, 1.82) is 0 Å². The van der Waals surface area contributed by atoms with Crippen molar-refractivity contribution in [3.8, 4) is 0 Å². The van der Waals surface area contributed by atoms with E-state index in [-0.39, 0.29) is 0 Å². The minimum Gasteiger partial charge on any atom is -0.402 e. The van der Waals surface area contributed by atoms with E-state index in [4.69, 9.17) is 5.73 Å². The van der Waals surface area contributed by atoms with Crippen LogP contribution < -0.4 is 5.73 Å². The molecular formula is C13H23N. The third-order valence-electron chi connectivity index (χ3n) is 4.32. The number of rotatable bonds is 1. The Hall–Kier alpha value is -0.460. The molecule has 0 aromatic heterocycles. The van der Waals surface area contributed by atoms with Crippen LogP contribution in [0.5, 0.6) is 0 Å². The summed E-state index contributed by atoms with van der Waals surface area (Å²) in [4.78, 5) is 0. The molecule has 0 aromatic carbocycles. The van der Waals surface area contributed by atoms with Gasteiger partial charge in [-0.1, -0.05) is 19.4 Å². The summed E-state index contributed by atoms with van der Waals surface area (Å²) < 4.78 is 0. The van der Waals surface area contributed by atoms with E-state index < -0.39 is 0 Å². The molecule has 0 aromatic rings. The molecule has 0 radical (unpaired) electrons. The van der Waals surface area contributed by atoms with Gasteiger partial charge in [0.15, 0.2) is 0 Å². The van der Waals surface area contributed by atoms with Gasteiger partial charge in [-0.3, -0.25) is 0 Å². The van der Waals surface area contributed by atoms with E-state index in [1.165, 1.54) is 30.5 Å². The minimum atomic E-state index is 0.879. The monoisotopic (exact) mass is 193 g/mol. The van der Waals surface area contributed by atoms with Crippen LogP contribution in [0, 0.1) is 23.7 Å². The van der Waals surface area contributed by atoms with Gasteiger partial charge >= 0.3 is 0 Å². The number of allylic oxidation sites excluding steroid dienone is 2. The van der Waals surface area contributed by atoms with E-state index >= 15 is 0 Å². The average molecular weight is 193 g/mol. The second kappa shape index (κ2) is 3.60. The van der Waals surface area contributed by atoms with Crippen molar-refractivity contribution >= 4 is 0 Å². The van der Waals surface area contributed by atoms with Crippen molar-refractivity contribution < 1.29 is 0 Å². The van der Waals surface area contributed by atoms with Gasteiger partial charge in [-0.15, -0.1) is 0 Å². The molecule has 0 aliphatic heterocycles. The molecule has 0 saturated heterocycles. The van der Waals surface area contributed by atoms with Crippen molar-refractivity contribution in [2.45, 2.75) is 46.5 Å². The molecular weight excluding hydrogens is 170 g/mol. The third-order valence-corrected chi connectivity index (χ3v) is 4.32. The Labute approximate surface area is 87.8 Å². The lowest BCUT2D eigenvalue weighted by Gasteiger charge is -2.10. The molecule has 0 bridgehead atoms. The number of fused-ring (bicyclic) bond motifs is 1. The third kappa shape index (κ3) is 1.69. The fraction of sp³-hybridized carbons (Fsp3) is 0.846. The SMILES string of the molecule is C/C1=C(\N)CCC2C(CC1)C2C(C)C. The largest absolute Gasteiger partial charge is 0.402 e. The molecule has 3 atom stereocenters. The highest BCUT2D eigenvalue weighted by molar-refractivity contribution is 5.13. The van der Waals surface area contributed by atoms with Crippen LogP contribution in [-0.4, -0.2) is 0 Å². The lowest BCUT2D eigenvalue weighted by molar-refractivity contribution is 0.490. The molecule has 0 spiro atoms. The fourth-order valence-corrected chi connectivity index (χ4v) is 3.36. The van der Waals surface area contributed by atoms with Crippen molar-refractivity contribution in [2.75, 3.05) is 0 Å². The minimum absolute atomic E-state index is 0.879. The second-order valence-electron chi connectivity index (χ2n) is 5.53. The predicted molar refractivity (Wildman–Crippen MR) is 60.7 cm³/mol. The van der Waals surface area contributed by atoms with Gasteiger partial charge in [0.2, 0.25) is 0 Å². The molecule has 0 heterocycles. The molecule has 1 nitrogen and oxygen atoms in total. The summed E-state index contributed by atoms with van der Waals surface area (Å²) in [6.45, 7) is 6.96. The Morgan fingerprint density at radius 3 is 2.29 bits per heavy atom. The van der Waals surface area contributed by atoms with Crippen LogP contribution in [0.15, 0.2) is 11.3 Å². The van der Waals surface area contributed by atoms with Crippen molar-refractivity contribution in [1.82, 2.24) is 0 Å². The van der Waals surface area contributed by atoms with Gasteiger partial charge in [0.05, 0.1) is 0 Å². The van der Waals surface area contributed by atoms with Gasteiger partial charge in [0, 0.05) is 5.70 Å². The smallest absolute Gasteiger partial charge is 0.00696 e. The maximum atomic E-state index is 6.03. The molecule has 1 saturated carbocycles. The molecule has 3 unspecified atom stereocenters. The van der Waals surface area contributed by atoms with Crippen molar-refractivity contribution in [3.63, 3.8) is 0 Å². The van der Waals surface area contributed by atoms with E-state index in [2.05, 4.69) is 20.8 Å². The summed E-state index contributed by atoms with van der Waals surface area (Å²) in [5.41, 5.74) is 8.66. The lowest BCUT2D eigenvalue weighted by atomic mass is 9.99. The zero-order chi connectivity index (χ0) is 10.3. The van der Waals surface area contributed by atoms with Crippen LogP contribution in [0.3, 0.4) is 0 Å². The first-order valence-corrected chi connectivity index (χ1v) is 6.05. The van der Waals surface area contributed by atoms with Gasteiger partial charge < -0.3 is 5.73 Å². The van der Waals surface area contributed by atoms with Gasteiger partial charge in [0.1, 0.15) is 0 Å². The van der Waals surface area contributed by atoms with Crippen LogP contribution >= 0.6 is 0 Å². The molecule has 14 heavy (non-hydrogen) atoms. The standard InChI is InChI=1S/C13H23N/c1-8(2)13-10-5-4-9(3)12(14)7-6-11(10)13/h8,10-11,13H,4-7,14H2,1-3H3/b12-9+. The molecule has 2 aliphatic rings. The quantitative estimate of drug-likeness (QED) is 0.679. The Kier molecular flexibility index (Phi) is 2.59. The molecule has 2 N–H and O–H groups in total. The summed E-state index contributed by atoms with van der Waals surface area (Å²) in [6.07, 6.45) is 5.13. The fourth-order valence-electron chi connectivity index (χ4n) is 3.36. The van der Waals surface area contributed by atoms with Crippen LogP contribution in [0.25, 0.3) is 0 Å². The highest BCUT2D eigenvalue weighted by Gasteiger charge is 2.50. The number of hydrogen-bond acceptors (Lipinski definition) is 1. The zero-order valence-electron chi connectivity index (χ0n) is 9.72. The maximum absolute atomic E-state index is 6.03. The van der Waals surface area contributed by atoms with E-state index in [0.29, 0.717) is 0 Å². The predicted octanol–water partition coefficient (Wildman–Crippen LogP) is 3.31. The number of nitrogens with two attached hydrogens (primary N) is 1. The van der Waals surface area contributed by atoms with Gasteiger partial charge in [0.25, 0.3) is 0 Å². The molecule has 2 aliphatic carbocycles. The average Bonchev–Trinajstić information content (AvgIpc) is 2.81. The van der Waals surface area contributed by atoms with E-state index in [1.807, 2.05) is 0 Å². The Morgan fingerprint density at radius 1 is 1.14 bits per heavy atom. The molecule has 80 valence electrons. The summed E-state index contributed by atoms with van der Waals surface area (Å²) in [5.74, 6) is 3.91.